The molecule has 3 N–H and O–H groups in total. The van der Waals surface area contributed by atoms with E-state index < -0.39 is 97.5 Å². The smallest absolute Gasteiger partial charge is 0.462 e. The molecular weight excluding hydrogens is 1090 g/mol. The number of carbonyl (C=O) groups is 4. The van der Waals surface area contributed by atoms with Gasteiger partial charge in [0.25, 0.3) is 0 Å². The zero-order chi connectivity index (χ0) is 61.1. The van der Waals surface area contributed by atoms with E-state index in [1.165, 1.54) is 89.9 Å². The molecule has 0 spiro atoms. The first kappa shape index (κ1) is 80.1. The monoisotopic (exact) mass is 1210 g/mol. The van der Waals surface area contributed by atoms with E-state index in [9.17, 15) is 43.2 Å². The van der Waals surface area contributed by atoms with Gasteiger partial charge in [-0.1, -0.05) is 248 Å². The summed E-state index contributed by atoms with van der Waals surface area (Å²) >= 11 is 0. The van der Waals surface area contributed by atoms with Gasteiger partial charge >= 0.3 is 39.5 Å². The van der Waals surface area contributed by atoms with Crippen molar-refractivity contribution in [2.24, 2.45) is 23.7 Å². The van der Waals surface area contributed by atoms with Gasteiger partial charge in [0.05, 0.1) is 26.4 Å². The predicted octanol–water partition coefficient (Wildman–Crippen LogP) is 17.0. The first-order chi connectivity index (χ1) is 39.1. The summed E-state index contributed by atoms with van der Waals surface area (Å²) in [4.78, 5) is 72.1. The molecule has 0 bridgehead atoms. The molecule has 0 fully saturated rings. The lowest BCUT2D eigenvalue weighted by atomic mass is 10.0. The molecule has 0 radical (unpaired) electrons. The summed E-state index contributed by atoms with van der Waals surface area (Å²) in [7, 11) is -9.88. The number of hydrogen-bond donors (Lipinski definition) is 3. The number of carbonyl (C=O) groups excluding carboxylic acids is 4. The molecule has 0 amide bonds. The molecule has 0 aromatic heterocycles. The Bertz CT molecular complexity index is 1640. The molecule has 82 heavy (non-hydrogen) atoms. The van der Waals surface area contributed by atoms with Crippen molar-refractivity contribution in [1.82, 2.24) is 0 Å². The van der Waals surface area contributed by atoms with Crippen LogP contribution in [0.5, 0.6) is 0 Å². The third kappa shape index (κ3) is 57.2. The van der Waals surface area contributed by atoms with Crippen molar-refractivity contribution in [2.75, 3.05) is 39.6 Å². The van der Waals surface area contributed by atoms with Crippen LogP contribution in [0.4, 0.5) is 0 Å². The first-order valence-electron chi connectivity index (χ1n) is 32.7. The topological polar surface area (TPSA) is 237 Å². The largest absolute Gasteiger partial charge is 0.472 e. The van der Waals surface area contributed by atoms with Gasteiger partial charge in [-0.15, -0.1) is 0 Å². The second kappa shape index (κ2) is 53.3. The van der Waals surface area contributed by atoms with Gasteiger partial charge in [0, 0.05) is 25.7 Å². The number of phosphoric acid groups is 2. The van der Waals surface area contributed by atoms with Crippen molar-refractivity contribution < 1.29 is 80.2 Å². The number of ether oxygens (including phenoxy) is 4. The minimum atomic E-state index is -4.94. The summed E-state index contributed by atoms with van der Waals surface area (Å²) in [6, 6.07) is 0. The molecule has 0 aliphatic heterocycles. The third-order valence-electron chi connectivity index (χ3n) is 14.3. The highest BCUT2D eigenvalue weighted by molar-refractivity contribution is 7.47. The Labute approximate surface area is 498 Å². The molecule has 19 heteroatoms. The Morgan fingerprint density at radius 3 is 0.756 bits per heavy atom. The fraction of sp³-hybridized carbons (Fsp3) is 0.937. The maximum absolute atomic E-state index is 13.0. The quantitative estimate of drug-likeness (QED) is 0.0222. The lowest BCUT2D eigenvalue weighted by Crippen LogP contribution is -2.30. The van der Waals surface area contributed by atoms with Gasteiger partial charge in [-0.25, -0.2) is 9.13 Å². The number of rotatable bonds is 60. The van der Waals surface area contributed by atoms with Crippen LogP contribution in [-0.2, 0) is 65.4 Å². The summed E-state index contributed by atoms with van der Waals surface area (Å²) < 4.78 is 67.9. The number of phosphoric ester groups is 2. The van der Waals surface area contributed by atoms with Gasteiger partial charge in [0.2, 0.25) is 0 Å². The van der Waals surface area contributed by atoms with E-state index in [2.05, 4.69) is 55.4 Å². The van der Waals surface area contributed by atoms with Crippen LogP contribution in [0.1, 0.15) is 299 Å². The highest BCUT2D eigenvalue weighted by atomic mass is 31.2. The lowest BCUT2D eigenvalue weighted by Gasteiger charge is -2.21. The summed E-state index contributed by atoms with van der Waals surface area (Å²) in [6.45, 7) is 13.8. The number of esters is 4. The SMILES string of the molecule is CC(C)CCCCCCCCCCCCCCC(=O)O[C@H](COC(=O)CCCCCCCCC(C)C)COP(=O)(O)OC[C@@H](O)COP(=O)(O)OC[C@@H](COC(=O)CCCCCCCCC(C)C)OC(=O)CCCCCCCCC(C)C. The van der Waals surface area contributed by atoms with Crippen LogP contribution in [0.3, 0.4) is 0 Å². The van der Waals surface area contributed by atoms with Gasteiger partial charge in [-0.3, -0.25) is 37.3 Å². The molecule has 0 aliphatic rings. The second-order valence-electron chi connectivity index (χ2n) is 24.7. The highest BCUT2D eigenvalue weighted by Crippen LogP contribution is 2.45. The molecule has 17 nitrogen and oxygen atoms in total. The van der Waals surface area contributed by atoms with Crippen LogP contribution in [0.25, 0.3) is 0 Å². The summed E-state index contributed by atoms with van der Waals surface area (Å²) in [5.41, 5.74) is 0. The Kier molecular flexibility index (Phi) is 52.0. The van der Waals surface area contributed by atoms with Crippen molar-refractivity contribution in [3.8, 4) is 0 Å². The summed E-state index contributed by atoms with van der Waals surface area (Å²) in [6.07, 6.45) is 32.6. The number of aliphatic hydroxyl groups is 1. The summed E-state index contributed by atoms with van der Waals surface area (Å²) in [5.74, 6) is 0.658. The number of aliphatic hydroxyl groups excluding tert-OH is 1. The fourth-order valence-corrected chi connectivity index (χ4v) is 10.8. The van der Waals surface area contributed by atoms with Crippen LogP contribution in [0.2, 0.25) is 0 Å². The van der Waals surface area contributed by atoms with E-state index in [4.69, 9.17) is 37.0 Å². The van der Waals surface area contributed by atoms with E-state index >= 15 is 0 Å². The first-order valence-corrected chi connectivity index (χ1v) is 35.7. The molecule has 0 aliphatic carbocycles. The third-order valence-corrected chi connectivity index (χ3v) is 16.2. The molecule has 0 saturated heterocycles. The van der Waals surface area contributed by atoms with Crippen LogP contribution < -0.4 is 0 Å². The van der Waals surface area contributed by atoms with Crippen molar-refractivity contribution >= 4 is 39.5 Å². The zero-order valence-electron chi connectivity index (χ0n) is 53.1. The molecule has 0 saturated carbocycles. The van der Waals surface area contributed by atoms with E-state index in [0.29, 0.717) is 43.4 Å². The minimum Gasteiger partial charge on any atom is -0.462 e. The van der Waals surface area contributed by atoms with Crippen molar-refractivity contribution in [2.45, 2.75) is 318 Å². The Hall–Kier alpha value is -1.94. The normalized spacial score (nSPS) is 14.5. The van der Waals surface area contributed by atoms with Crippen LogP contribution in [0.15, 0.2) is 0 Å². The maximum atomic E-state index is 13.0. The van der Waals surface area contributed by atoms with Gasteiger partial charge in [-0.2, -0.15) is 0 Å². The molecule has 0 heterocycles. The predicted molar refractivity (Wildman–Crippen MR) is 326 cm³/mol. The molecule has 486 valence electrons. The molecule has 2 unspecified atom stereocenters. The maximum Gasteiger partial charge on any atom is 0.472 e. The standard InChI is InChI=1S/C63H122O17P2/c1-53(2)39-31-23-15-13-11-9-10-12-14-16-29-37-45-62(67)79-58(49-73-60(65)43-35-27-20-17-24-32-40-54(3)4)51-77-81(69,70)75-47-57(64)48-76-82(71,72)78-52-59(80-63(68)46-38-30-22-19-26-34-42-56(7)8)50-74-61(66)44-36-28-21-18-25-33-41-55(5)6/h53-59,64H,9-52H2,1-8H3,(H,69,70)(H,71,72)/t57-,58-,59-/m1/s1. The van der Waals surface area contributed by atoms with E-state index in [1.54, 1.807) is 0 Å². The molecule has 0 aromatic carbocycles. The van der Waals surface area contributed by atoms with Crippen LogP contribution in [0, 0.1) is 23.7 Å². The van der Waals surface area contributed by atoms with E-state index in [-0.39, 0.29) is 25.7 Å². The van der Waals surface area contributed by atoms with E-state index in [1.807, 2.05) is 0 Å². The van der Waals surface area contributed by atoms with Crippen molar-refractivity contribution in [3.05, 3.63) is 0 Å². The van der Waals surface area contributed by atoms with Gasteiger partial charge in [0.1, 0.15) is 19.3 Å². The van der Waals surface area contributed by atoms with Gasteiger partial charge in [-0.05, 0) is 49.4 Å². The van der Waals surface area contributed by atoms with Crippen LogP contribution in [-0.4, -0.2) is 96.7 Å². The summed E-state index contributed by atoms with van der Waals surface area (Å²) in [5, 5.41) is 10.5. The Morgan fingerprint density at radius 2 is 0.512 bits per heavy atom. The Balaban J connectivity index is 5.22. The molecular formula is C63H122O17P2. The minimum absolute atomic E-state index is 0.100. The van der Waals surface area contributed by atoms with Crippen molar-refractivity contribution in [1.29, 1.82) is 0 Å². The number of hydrogen-bond acceptors (Lipinski definition) is 15. The van der Waals surface area contributed by atoms with Crippen molar-refractivity contribution in [3.63, 3.8) is 0 Å². The van der Waals surface area contributed by atoms with E-state index in [0.717, 1.165) is 109 Å². The fourth-order valence-electron chi connectivity index (χ4n) is 9.25. The average molecular weight is 1210 g/mol. The lowest BCUT2D eigenvalue weighted by molar-refractivity contribution is -0.161. The zero-order valence-corrected chi connectivity index (χ0v) is 54.9. The Morgan fingerprint density at radius 1 is 0.305 bits per heavy atom. The average Bonchev–Trinajstić information content (AvgIpc) is 3.41. The number of unbranched alkanes of at least 4 members (excludes halogenated alkanes) is 26. The van der Waals surface area contributed by atoms with Gasteiger partial charge in [0.15, 0.2) is 12.2 Å². The van der Waals surface area contributed by atoms with Gasteiger partial charge < -0.3 is 33.8 Å². The highest BCUT2D eigenvalue weighted by Gasteiger charge is 2.30. The molecule has 0 aromatic rings. The molecule has 5 atom stereocenters. The van der Waals surface area contributed by atoms with Crippen LogP contribution >= 0.6 is 15.6 Å². The second-order valence-corrected chi connectivity index (χ2v) is 27.6. The molecule has 0 rings (SSSR count).